The van der Waals surface area contributed by atoms with E-state index in [0.717, 1.165) is 48.6 Å². The van der Waals surface area contributed by atoms with Crippen LogP contribution in [-0.2, 0) is 25.8 Å². The number of rotatable bonds is 1. The lowest BCUT2D eigenvalue weighted by molar-refractivity contribution is 0.583. The van der Waals surface area contributed by atoms with Gasteiger partial charge in [-0.1, -0.05) is 12.1 Å². The van der Waals surface area contributed by atoms with Crippen LogP contribution in [0.4, 0.5) is 10.2 Å². The van der Waals surface area contributed by atoms with E-state index in [9.17, 15) is 4.39 Å². The van der Waals surface area contributed by atoms with Gasteiger partial charge in [0.15, 0.2) is 0 Å². The van der Waals surface area contributed by atoms with Crippen LogP contribution in [0.2, 0.25) is 0 Å². The van der Waals surface area contributed by atoms with E-state index in [1.807, 2.05) is 13.0 Å². The van der Waals surface area contributed by atoms with Gasteiger partial charge in [0.1, 0.15) is 17.5 Å². The minimum atomic E-state index is -0.0955. The summed E-state index contributed by atoms with van der Waals surface area (Å²) in [6.07, 6.45) is 5.38. The highest BCUT2D eigenvalue weighted by Crippen LogP contribution is 2.31. The second kappa shape index (κ2) is 5.34. The van der Waals surface area contributed by atoms with E-state index in [-0.39, 0.29) is 5.82 Å². The Morgan fingerprint density at radius 3 is 2.82 bits per heavy atom. The van der Waals surface area contributed by atoms with E-state index >= 15 is 0 Å². The van der Waals surface area contributed by atoms with Crippen LogP contribution in [0.1, 0.15) is 41.1 Å². The molecule has 0 unspecified atom stereocenters. The molecule has 4 heteroatoms. The molecule has 1 aromatic carbocycles. The molecule has 0 saturated heterocycles. The molecule has 0 atom stereocenters. The Kier molecular flexibility index (Phi) is 3.32. The fourth-order valence-corrected chi connectivity index (χ4v) is 3.68. The summed E-state index contributed by atoms with van der Waals surface area (Å²) in [7, 11) is 0. The van der Waals surface area contributed by atoms with Gasteiger partial charge in [0.05, 0.1) is 0 Å². The van der Waals surface area contributed by atoms with Crippen LogP contribution in [0.15, 0.2) is 18.2 Å². The highest BCUT2D eigenvalue weighted by molar-refractivity contribution is 5.52. The van der Waals surface area contributed by atoms with Crippen molar-refractivity contribution in [2.24, 2.45) is 0 Å². The van der Waals surface area contributed by atoms with Gasteiger partial charge in [0, 0.05) is 29.9 Å². The van der Waals surface area contributed by atoms with Crippen LogP contribution >= 0.6 is 0 Å². The summed E-state index contributed by atoms with van der Waals surface area (Å²) in [5, 5.41) is 0. The third-order valence-electron chi connectivity index (χ3n) is 4.79. The number of hydrogen-bond donors (Lipinski definition) is 0. The topological polar surface area (TPSA) is 29.0 Å². The first-order valence-electron chi connectivity index (χ1n) is 8.10. The molecule has 0 radical (unpaired) electrons. The minimum Gasteiger partial charge on any atom is -0.351 e. The molecule has 1 aromatic heterocycles. The molecule has 1 aliphatic heterocycles. The van der Waals surface area contributed by atoms with Crippen molar-refractivity contribution in [2.45, 2.75) is 45.6 Å². The van der Waals surface area contributed by atoms with Crippen LogP contribution in [-0.4, -0.2) is 16.5 Å². The number of benzene rings is 1. The number of nitrogens with zero attached hydrogens (tertiary/aromatic N) is 3. The Morgan fingerprint density at radius 2 is 1.91 bits per heavy atom. The lowest BCUT2D eigenvalue weighted by Crippen LogP contribution is -2.33. The molecule has 1 aliphatic carbocycles. The van der Waals surface area contributed by atoms with Crippen molar-refractivity contribution in [1.29, 1.82) is 0 Å². The molecule has 0 fully saturated rings. The number of fused-ring (bicyclic) bond motifs is 2. The second-order valence-electron chi connectivity index (χ2n) is 6.28. The fourth-order valence-electron chi connectivity index (χ4n) is 3.68. The zero-order valence-electron chi connectivity index (χ0n) is 12.9. The van der Waals surface area contributed by atoms with Crippen LogP contribution in [0.3, 0.4) is 0 Å². The van der Waals surface area contributed by atoms with Gasteiger partial charge < -0.3 is 4.90 Å². The molecule has 22 heavy (non-hydrogen) atoms. The Morgan fingerprint density at radius 1 is 1.05 bits per heavy atom. The molecule has 0 bridgehead atoms. The highest BCUT2D eigenvalue weighted by Gasteiger charge is 2.25. The van der Waals surface area contributed by atoms with Crippen molar-refractivity contribution in [3.05, 3.63) is 52.2 Å². The summed E-state index contributed by atoms with van der Waals surface area (Å²) in [6, 6.07) is 5.40. The monoisotopic (exact) mass is 297 g/mol. The zero-order chi connectivity index (χ0) is 15.1. The molecule has 2 aliphatic rings. The van der Waals surface area contributed by atoms with Gasteiger partial charge in [-0.25, -0.2) is 14.4 Å². The largest absolute Gasteiger partial charge is 0.351 e. The second-order valence-corrected chi connectivity index (χ2v) is 6.28. The van der Waals surface area contributed by atoms with E-state index in [1.165, 1.54) is 24.1 Å². The number of aryl methyl sites for hydroxylation is 2. The molecule has 3 nitrogen and oxygen atoms in total. The maximum absolute atomic E-state index is 14.1. The maximum Gasteiger partial charge on any atom is 0.136 e. The van der Waals surface area contributed by atoms with Crippen LogP contribution in [0.5, 0.6) is 0 Å². The van der Waals surface area contributed by atoms with Gasteiger partial charge in [0.2, 0.25) is 0 Å². The van der Waals surface area contributed by atoms with Gasteiger partial charge in [-0.2, -0.15) is 0 Å². The molecule has 2 heterocycles. The average molecular weight is 297 g/mol. The molecule has 4 rings (SSSR count). The first-order chi connectivity index (χ1) is 10.7. The number of hydrogen-bond acceptors (Lipinski definition) is 3. The smallest absolute Gasteiger partial charge is 0.136 e. The minimum absolute atomic E-state index is 0.0955. The van der Waals surface area contributed by atoms with Crippen molar-refractivity contribution in [3.8, 4) is 0 Å². The molecular weight excluding hydrogens is 277 g/mol. The molecular formula is C18H20FN3. The standard InChI is InChI=1S/C18H20FN3/c1-12-20-17-8-3-2-6-14(17)18(21-12)22-10-9-13-5-4-7-16(19)15(13)11-22/h4-5,7H,2-3,6,8-11H2,1H3. The third-order valence-corrected chi connectivity index (χ3v) is 4.79. The highest BCUT2D eigenvalue weighted by atomic mass is 19.1. The molecule has 0 N–H and O–H groups in total. The summed E-state index contributed by atoms with van der Waals surface area (Å²) < 4.78 is 14.1. The average Bonchev–Trinajstić information content (AvgIpc) is 2.54. The molecule has 114 valence electrons. The summed E-state index contributed by atoms with van der Waals surface area (Å²) in [5.41, 5.74) is 4.45. The third kappa shape index (κ3) is 2.27. The Hall–Kier alpha value is -1.97. The van der Waals surface area contributed by atoms with E-state index < -0.39 is 0 Å². The predicted molar refractivity (Wildman–Crippen MR) is 84.6 cm³/mol. The lowest BCUT2D eigenvalue weighted by Gasteiger charge is -2.32. The molecule has 0 amide bonds. The van der Waals surface area contributed by atoms with E-state index in [0.29, 0.717) is 6.54 Å². The van der Waals surface area contributed by atoms with Gasteiger partial charge in [0.25, 0.3) is 0 Å². The van der Waals surface area contributed by atoms with Crippen LogP contribution < -0.4 is 4.90 Å². The van der Waals surface area contributed by atoms with Gasteiger partial charge in [-0.15, -0.1) is 0 Å². The van der Waals surface area contributed by atoms with Crippen molar-refractivity contribution in [2.75, 3.05) is 11.4 Å². The fraction of sp³-hybridized carbons (Fsp3) is 0.444. The Bertz CT molecular complexity index is 727. The maximum atomic E-state index is 14.1. The Labute approximate surface area is 130 Å². The van der Waals surface area contributed by atoms with Gasteiger partial charge in [-0.3, -0.25) is 0 Å². The summed E-state index contributed by atoms with van der Waals surface area (Å²) in [5.74, 6) is 1.77. The first kappa shape index (κ1) is 13.7. The number of anilines is 1. The van der Waals surface area contributed by atoms with Gasteiger partial charge in [-0.05, 0) is 50.7 Å². The van der Waals surface area contributed by atoms with Crippen molar-refractivity contribution in [1.82, 2.24) is 9.97 Å². The number of aromatic nitrogens is 2. The summed E-state index contributed by atoms with van der Waals surface area (Å²) >= 11 is 0. The lowest BCUT2D eigenvalue weighted by atomic mass is 9.94. The predicted octanol–water partition coefficient (Wildman–Crippen LogP) is 3.37. The van der Waals surface area contributed by atoms with Crippen molar-refractivity contribution >= 4 is 5.82 Å². The first-order valence-corrected chi connectivity index (χ1v) is 8.10. The quantitative estimate of drug-likeness (QED) is 0.808. The normalized spacial score (nSPS) is 17.1. The number of halogens is 1. The van der Waals surface area contributed by atoms with E-state index in [2.05, 4.69) is 9.88 Å². The molecule has 2 aromatic rings. The van der Waals surface area contributed by atoms with E-state index in [4.69, 9.17) is 4.98 Å². The SMILES string of the molecule is Cc1nc2c(c(N3CCc4cccc(F)c4C3)n1)CCCC2. The zero-order valence-corrected chi connectivity index (χ0v) is 12.9. The van der Waals surface area contributed by atoms with Crippen LogP contribution in [0, 0.1) is 12.7 Å². The van der Waals surface area contributed by atoms with E-state index in [1.54, 1.807) is 12.1 Å². The molecule has 0 saturated carbocycles. The van der Waals surface area contributed by atoms with Gasteiger partial charge >= 0.3 is 0 Å². The van der Waals surface area contributed by atoms with Crippen molar-refractivity contribution < 1.29 is 4.39 Å². The van der Waals surface area contributed by atoms with Crippen molar-refractivity contribution in [3.63, 3.8) is 0 Å². The van der Waals surface area contributed by atoms with Crippen LogP contribution in [0.25, 0.3) is 0 Å². The molecule has 0 spiro atoms. The summed E-state index contributed by atoms with van der Waals surface area (Å²) in [4.78, 5) is 11.6. The summed E-state index contributed by atoms with van der Waals surface area (Å²) in [6.45, 7) is 3.47. The Balaban J connectivity index is 1.75.